The molecule has 1 heterocycles. The summed E-state index contributed by atoms with van der Waals surface area (Å²) in [5, 5.41) is 14.3. The number of aromatic hydroxyl groups is 1. The van der Waals surface area contributed by atoms with E-state index in [4.69, 9.17) is 4.74 Å². The molecule has 0 radical (unpaired) electrons. The summed E-state index contributed by atoms with van der Waals surface area (Å²) in [6, 6.07) is 7.28. The standard InChI is InChI=1S/C21H26N2O3/c1-15(2)23-19(11-12-22-23)17-8-5-3-4-7-16(17)14-26-21-10-6-9-20(25)18(21)13-24/h6,9-13,15,25H,3-5,7-8,14H2,1-2H3. The van der Waals surface area contributed by atoms with Gasteiger partial charge in [-0.1, -0.05) is 12.5 Å². The first-order chi connectivity index (χ1) is 12.6. The summed E-state index contributed by atoms with van der Waals surface area (Å²) in [5.74, 6) is 0.374. The predicted molar refractivity (Wildman–Crippen MR) is 102 cm³/mol. The number of phenolic OH excluding ortho intramolecular Hbond substituents is 1. The van der Waals surface area contributed by atoms with E-state index in [2.05, 4.69) is 29.7 Å². The van der Waals surface area contributed by atoms with Gasteiger partial charge in [-0.05, 0) is 68.9 Å². The van der Waals surface area contributed by atoms with Crippen LogP contribution in [0.25, 0.3) is 5.57 Å². The number of hydrogen-bond acceptors (Lipinski definition) is 4. The van der Waals surface area contributed by atoms with Crippen molar-refractivity contribution < 1.29 is 14.6 Å². The van der Waals surface area contributed by atoms with Crippen LogP contribution in [0.2, 0.25) is 0 Å². The maximum atomic E-state index is 11.3. The largest absolute Gasteiger partial charge is 0.507 e. The van der Waals surface area contributed by atoms with Gasteiger partial charge in [-0.2, -0.15) is 5.10 Å². The van der Waals surface area contributed by atoms with Crippen molar-refractivity contribution in [1.29, 1.82) is 0 Å². The number of nitrogens with zero attached hydrogens (tertiary/aromatic N) is 2. The maximum absolute atomic E-state index is 11.3. The molecule has 1 aliphatic carbocycles. The average molecular weight is 354 g/mol. The van der Waals surface area contributed by atoms with Gasteiger partial charge in [0.1, 0.15) is 18.1 Å². The number of carbonyl (C=O) groups is 1. The van der Waals surface area contributed by atoms with Crippen LogP contribution in [0, 0.1) is 0 Å². The summed E-state index contributed by atoms with van der Waals surface area (Å²) in [4.78, 5) is 11.3. The van der Waals surface area contributed by atoms with E-state index in [0.29, 0.717) is 24.7 Å². The van der Waals surface area contributed by atoms with Gasteiger partial charge in [-0.25, -0.2) is 0 Å². The summed E-state index contributed by atoms with van der Waals surface area (Å²) in [6.45, 7) is 4.68. The van der Waals surface area contributed by atoms with E-state index in [9.17, 15) is 9.90 Å². The van der Waals surface area contributed by atoms with Crippen LogP contribution >= 0.6 is 0 Å². The number of aldehydes is 1. The molecule has 0 bridgehead atoms. The van der Waals surface area contributed by atoms with E-state index in [1.165, 1.54) is 23.6 Å². The number of ether oxygens (including phenoxy) is 1. The number of benzene rings is 1. The first kappa shape index (κ1) is 18.2. The fourth-order valence-electron chi connectivity index (χ4n) is 3.52. The Hall–Kier alpha value is -2.56. The molecule has 0 saturated heterocycles. The molecule has 1 aromatic carbocycles. The van der Waals surface area contributed by atoms with Gasteiger partial charge in [0.15, 0.2) is 6.29 Å². The molecule has 0 atom stereocenters. The normalized spacial score (nSPS) is 15.2. The van der Waals surface area contributed by atoms with Crippen molar-refractivity contribution in [2.24, 2.45) is 0 Å². The van der Waals surface area contributed by atoms with Crippen LogP contribution in [0.5, 0.6) is 11.5 Å². The van der Waals surface area contributed by atoms with Gasteiger partial charge in [0.2, 0.25) is 0 Å². The highest BCUT2D eigenvalue weighted by Crippen LogP contribution is 2.33. The summed E-state index contributed by atoms with van der Waals surface area (Å²) in [5.41, 5.74) is 3.93. The van der Waals surface area contributed by atoms with Gasteiger partial charge >= 0.3 is 0 Å². The quantitative estimate of drug-likeness (QED) is 0.758. The van der Waals surface area contributed by atoms with Crippen molar-refractivity contribution >= 4 is 11.9 Å². The van der Waals surface area contributed by atoms with E-state index in [1.807, 2.05) is 6.20 Å². The number of aromatic nitrogens is 2. The van der Waals surface area contributed by atoms with E-state index in [-0.39, 0.29) is 11.3 Å². The molecule has 0 aliphatic heterocycles. The SMILES string of the molecule is CC(C)n1nccc1C1=C(COc2cccc(O)c2C=O)CCCCC1. The lowest BCUT2D eigenvalue weighted by atomic mass is 10.0. The van der Waals surface area contributed by atoms with E-state index < -0.39 is 0 Å². The minimum atomic E-state index is -0.0505. The van der Waals surface area contributed by atoms with Crippen molar-refractivity contribution in [3.63, 3.8) is 0 Å². The number of hydrogen-bond donors (Lipinski definition) is 1. The fraction of sp³-hybridized carbons (Fsp3) is 0.429. The molecule has 3 rings (SSSR count). The molecule has 1 aromatic heterocycles. The lowest BCUT2D eigenvalue weighted by Gasteiger charge is -2.18. The highest BCUT2D eigenvalue weighted by Gasteiger charge is 2.19. The smallest absolute Gasteiger partial charge is 0.157 e. The molecular formula is C21H26N2O3. The monoisotopic (exact) mass is 354 g/mol. The van der Waals surface area contributed by atoms with Crippen LogP contribution in [-0.2, 0) is 0 Å². The van der Waals surface area contributed by atoms with Crippen molar-refractivity contribution in [3.8, 4) is 11.5 Å². The molecule has 5 nitrogen and oxygen atoms in total. The average Bonchev–Trinajstić information content (AvgIpc) is 3.00. The van der Waals surface area contributed by atoms with Crippen LogP contribution < -0.4 is 4.74 Å². The van der Waals surface area contributed by atoms with E-state index >= 15 is 0 Å². The zero-order chi connectivity index (χ0) is 18.5. The Kier molecular flexibility index (Phi) is 5.76. The van der Waals surface area contributed by atoms with Crippen molar-refractivity contribution in [2.45, 2.75) is 52.0 Å². The molecule has 0 spiro atoms. The number of allylic oxidation sites excluding steroid dienone is 1. The molecule has 1 aliphatic rings. The van der Waals surface area contributed by atoms with Gasteiger partial charge in [-0.3, -0.25) is 9.48 Å². The van der Waals surface area contributed by atoms with Crippen LogP contribution in [0.4, 0.5) is 0 Å². The number of phenols is 1. The molecule has 0 fully saturated rings. The minimum absolute atomic E-state index is 0.0505. The molecule has 0 saturated carbocycles. The Balaban J connectivity index is 1.91. The third kappa shape index (κ3) is 3.82. The van der Waals surface area contributed by atoms with Crippen molar-refractivity contribution in [1.82, 2.24) is 9.78 Å². The molecule has 1 N–H and O–H groups in total. The number of rotatable bonds is 6. The molecular weight excluding hydrogens is 328 g/mol. The maximum Gasteiger partial charge on any atom is 0.157 e. The Morgan fingerprint density at radius 3 is 2.81 bits per heavy atom. The highest BCUT2D eigenvalue weighted by molar-refractivity contribution is 5.83. The third-order valence-electron chi connectivity index (χ3n) is 4.86. The second kappa shape index (κ2) is 8.21. The predicted octanol–water partition coefficient (Wildman–Crippen LogP) is 4.78. The topological polar surface area (TPSA) is 64.3 Å². The zero-order valence-electron chi connectivity index (χ0n) is 15.4. The van der Waals surface area contributed by atoms with Crippen molar-refractivity contribution in [3.05, 3.63) is 47.3 Å². The Labute approximate surface area is 154 Å². The van der Waals surface area contributed by atoms with Gasteiger partial charge < -0.3 is 9.84 Å². The summed E-state index contributed by atoms with van der Waals surface area (Å²) < 4.78 is 8.02. The van der Waals surface area contributed by atoms with E-state index in [1.54, 1.807) is 12.1 Å². The first-order valence-electron chi connectivity index (χ1n) is 9.26. The molecule has 0 unspecified atom stereocenters. The molecule has 138 valence electrons. The second-order valence-electron chi connectivity index (χ2n) is 6.99. The molecule has 26 heavy (non-hydrogen) atoms. The molecule has 5 heteroatoms. The van der Waals surface area contributed by atoms with Crippen molar-refractivity contribution in [2.75, 3.05) is 6.61 Å². The highest BCUT2D eigenvalue weighted by atomic mass is 16.5. The lowest BCUT2D eigenvalue weighted by Crippen LogP contribution is -2.10. The van der Waals surface area contributed by atoms with Crippen LogP contribution in [0.15, 0.2) is 36.0 Å². The van der Waals surface area contributed by atoms with Crippen LogP contribution in [-0.4, -0.2) is 27.8 Å². The summed E-state index contributed by atoms with van der Waals surface area (Å²) >= 11 is 0. The van der Waals surface area contributed by atoms with Gasteiger partial charge in [0.25, 0.3) is 0 Å². The Morgan fingerprint density at radius 2 is 2.04 bits per heavy atom. The van der Waals surface area contributed by atoms with Gasteiger partial charge in [0, 0.05) is 12.2 Å². The van der Waals surface area contributed by atoms with Crippen LogP contribution in [0.3, 0.4) is 0 Å². The van der Waals surface area contributed by atoms with E-state index in [0.717, 1.165) is 31.4 Å². The van der Waals surface area contributed by atoms with Crippen LogP contribution in [0.1, 0.15) is 68.0 Å². The lowest BCUT2D eigenvalue weighted by molar-refractivity contribution is 0.111. The fourth-order valence-corrected chi connectivity index (χ4v) is 3.52. The summed E-state index contributed by atoms with van der Waals surface area (Å²) in [6.07, 6.45) is 7.98. The first-order valence-corrected chi connectivity index (χ1v) is 9.26. The van der Waals surface area contributed by atoms with Gasteiger partial charge in [0.05, 0.1) is 11.3 Å². The molecule has 0 amide bonds. The third-order valence-corrected chi connectivity index (χ3v) is 4.86. The molecule has 2 aromatic rings. The zero-order valence-corrected chi connectivity index (χ0v) is 15.4. The number of carbonyl (C=O) groups excluding carboxylic acids is 1. The van der Waals surface area contributed by atoms with Gasteiger partial charge in [-0.15, -0.1) is 0 Å². The Bertz CT molecular complexity index is 805. The minimum Gasteiger partial charge on any atom is -0.507 e. The Morgan fingerprint density at radius 1 is 1.23 bits per heavy atom. The second-order valence-corrected chi connectivity index (χ2v) is 6.99. The summed E-state index contributed by atoms with van der Waals surface area (Å²) in [7, 11) is 0.